The van der Waals surface area contributed by atoms with Crippen LogP contribution in [0.25, 0.3) is 6.08 Å². The molecule has 0 aliphatic rings. The zero-order valence-corrected chi connectivity index (χ0v) is 7.08. The second-order valence-electron chi connectivity index (χ2n) is 1.83. The minimum atomic E-state index is -0.522. The summed E-state index contributed by atoms with van der Waals surface area (Å²) in [5, 5.41) is 10.4. The van der Waals surface area contributed by atoms with E-state index in [9.17, 15) is 10.1 Å². The first-order chi connectivity index (χ1) is 5.72. The average molecular weight is 186 g/mol. The van der Waals surface area contributed by atoms with E-state index in [1.54, 1.807) is 0 Å². The van der Waals surface area contributed by atoms with Gasteiger partial charge in [-0.1, -0.05) is 11.3 Å². The zero-order chi connectivity index (χ0) is 8.97. The van der Waals surface area contributed by atoms with Crippen LogP contribution in [-0.4, -0.2) is 17.0 Å². The third-order valence-electron chi connectivity index (χ3n) is 1.04. The lowest BCUT2D eigenvalue weighted by Gasteiger charge is -1.85. The lowest BCUT2D eigenvalue weighted by molar-refractivity contribution is -0.400. The minimum Gasteiger partial charge on any atom is -0.473 e. The number of hydrogen-bond donors (Lipinski definition) is 0. The highest BCUT2D eigenvalue weighted by Gasteiger charge is 1.98. The van der Waals surface area contributed by atoms with Crippen LogP contribution in [0.1, 0.15) is 4.88 Å². The first kappa shape index (κ1) is 8.66. The average Bonchev–Trinajstić information content (AvgIpc) is 2.48. The van der Waals surface area contributed by atoms with E-state index in [0.717, 1.165) is 6.20 Å². The van der Waals surface area contributed by atoms with Crippen molar-refractivity contribution in [2.45, 2.75) is 0 Å². The van der Waals surface area contributed by atoms with Crippen LogP contribution in [0.5, 0.6) is 5.19 Å². The van der Waals surface area contributed by atoms with Crippen LogP contribution in [0.15, 0.2) is 12.4 Å². The summed E-state index contributed by atoms with van der Waals surface area (Å²) in [6, 6.07) is 0. The second kappa shape index (κ2) is 3.82. The van der Waals surface area contributed by atoms with Crippen LogP contribution in [0.3, 0.4) is 0 Å². The molecular formula is C6H6N2O3S. The van der Waals surface area contributed by atoms with E-state index in [-0.39, 0.29) is 0 Å². The van der Waals surface area contributed by atoms with Gasteiger partial charge in [0, 0.05) is 12.3 Å². The predicted octanol–water partition coefficient (Wildman–Crippen LogP) is 1.40. The van der Waals surface area contributed by atoms with Gasteiger partial charge in [-0.3, -0.25) is 10.1 Å². The highest BCUT2D eigenvalue weighted by atomic mass is 32.1. The largest absolute Gasteiger partial charge is 0.473 e. The molecule has 0 fully saturated rings. The molecular weight excluding hydrogens is 180 g/mol. The van der Waals surface area contributed by atoms with Crippen LogP contribution in [0.2, 0.25) is 0 Å². The van der Waals surface area contributed by atoms with Gasteiger partial charge in [0.15, 0.2) is 0 Å². The zero-order valence-electron chi connectivity index (χ0n) is 6.26. The van der Waals surface area contributed by atoms with Crippen LogP contribution >= 0.6 is 11.3 Å². The molecule has 12 heavy (non-hydrogen) atoms. The van der Waals surface area contributed by atoms with Gasteiger partial charge in [0.2, 0.25) is 6.20 Å². The SMILES string of the molecule is COc1ncc(/C=C/[N+](=O)[O-])s1. The van der Waals surface area contributed by atoms with E-state index >= 15 is 0 Å². The number of ether oxygens (including phenoxy) is 1. The molecule has 1 heterocycles. The van der Waals surface area contributed by atoms with Gasteiger partial charge in [-0.05, 0) is 0 Å². The fourth-order valence-electron chi connectivity index (χ4n) is 0.576. The number of nitrogens with zero attached hydrogens (tertiary/aromatic N) is 2. The van der Waals surface area contributed by atoms with E-state index in [2.05, 4.69) is 4.98 Å². The molecule has 0 unspecified atom stereocenters. The van der Waals surface area contributed by atoms with Crippen molar-refractivity contribution in [2.75, 3.05) is 7.11 Å². The molecule has 0 amide bonds. The fraction of sp³-hybridized carbons (Fsp3) is 0.167. The first-order valence-electron chi connectivity index (χ1n) is 3.04. The topological polar surface area (TPSA) is 65.3 Å². The van der Waals surface area contributed by atoms with Crippen molar-refractivity contribution in [3.8, 4) is 5.19 Å². The molecule has 6 heteroatoms. The van der Waals surface area contributed by atoms with Gasteiger partial charge in [-0.2, -0.15) is 0 Å². The number of thiazole rings is 1. The summed E-state index contributed by atoms with van der Waals surface area (Å²) < 4.78 is 4.81. The molecule has 1 aromatic rings. The molecule has 1 aromatic heterocycles. The van der Waals surface area contributed by atoms with Crippen molar-refractivity contribution in [1.29, 1.82) is 0 Å². The molecule has 0 saturated heterocycles. The van der Waals surface area contributed by atoms with E-state index in [0.29, 0.717) is 10.1 Å². The maximum Gasteiger partial charge on any atom is 0.273 e. The Hall–Kier alpha value is -1.43. The lowest BCUT2D eigenvalue weighted by Crippen LogP contribution is -1.80. The van der Waals surface area contributed by atoms with Crippen LogP contribution in [-0.2, 0) is 0 Å². The molecule has 0 saturated carbocycles. The number of methoxy groups -OCH3 is 1. The van der Waals surface area contributed by atoms with Crippen molar-refractivity contribution < 1.29 is 9.66 Å². The molecule has 0 atom stereocenters. The third kappa shape index (κ3) is 2.31. The number of hydrogen-bond acceptors (Lipinski definition) is 5. The van der Waals surface area contributed by atoms with E-state index < -0.39 is 4.92 Å². The summed E-state index contributed by atoms with van der Waals surface area (Å²) in [6.07, 6.45) is 3.76. The van der Waals surface area contributed by atoms with Gasteiger partial charge in [0.1, 0.15) is 0 Å². The highest BCUT2D eigenvalue weighted by Crippen LogP contribution is 2.20. The Labute approximate surface area is 72.5 Å². The molecule has 5 nitrogen and oxygen atoms in total. The van der Waals surface area contributed by atoms with Crippen molar-refractivity contribution in [3.63, 3.8) is 0 Å². The first-order valence-corrected chi connectivity index (χ1v) is 3.85. The number of aromatic nitrogens is 1. The van der Waals surface area contributed by atoms with Crippen molar-refractivity contribution >= 4 is 17.4 Å². The molecule has 1 rings (SSSR count). The minimum absolute atomic E-state index is 0.498. The normalized spacial score (nSPS) is 10.4. The van der Waals surface area contributed by atoms with E-state index in [1.165, 1.54) is 30.7 Å². The van der Waals surface area contributed by atoms with Gasteiger partial charge in [-0.15, -0.1) is 0 Å². The molecule has 0 aliphatic heterocycles. The smallest absolute Gasteiger partial charge is 0.273 e. The maximum atomic E-state index is 9.92. The van der Waals surface area contributed by atoms with Crippen molar-refractivity contribution in [2.24, 2.45) is 0 Å². The Morgan fingerprint density at radius 2 is 2.58 bits per heavy atom. The molecule has 64 valence electrons. The fourth-order valence-corrected chi connectivity index (χ4v) is 1.20. The summed E-state index contributed by atoms with van der Waals surface area (Å²) in [7, 11) is 1.50. The monoisotopic (exact) mass is 186 g/mol. The summed E-state index contributed by atoms with van der Waals surface area (Å²) in [5.74, 6) is 0. The van der Waals surface area contributed by atoms with Crippen LogP contribution < -0.4 is 4.74 Å². The Kier molecular flexibility index (Phi) is 2.76. The standard InChI is InChI=1S/C6H6N2O3S/c1-11-6-7-4-5(12-6)2-3-8(9)10/h2-4H,1H3/b3-2+. The molecule has 0 aromatic carbocycles. The molecule has 0 aliphatic carbocycles. The molecule has 0 bridgehead atoms. The van der Waals surface area contributed by atoms with Crippen LogP contribution in [0, 0.1) is 10.1 Å². The third-order valence-corrected chi connectivity index (χ3v) is 1.96. The second-order valence-corrected chi connectivity index (χ2v) is 2.86. The van der Waals surface area contributed by atoms with Gasteiger partial charge in [0.05, 0.1) is 16.9 Å². The number of nitro groups is 1. The van der Waals surface area contributed by atoms with Gasteiger partial charge in [0.25, 0.3) is 5.19 Å². The van der Waals surface area contributed by atoms with E-state index in [1.807, 2.05) is 0 Å². The Balaban J connectivity index is 2.70. The predicted molar refractivity (Wildman–Crippen MR) is 44.7 cm³/mol. The summed E-state index contributed by atoms with van der Waals surface area (Å²) in [6.45, 7) is 0. The van der Waals surface area contributed by atoms with Gasteiger partial charge >= 0.3 is 0 Å². The molecule has 0 radical (unpaired) electrons. The Bertz CT molecular complexity index is 307. The Morgan fingerprint density at radius 1 is 1.83 bits per heavy atom. The summed E-state index contributed by atoms with van der Waals surface area (Å²) >= 11 is 1.25. The highest BCUT2D eigenvalue weighted by molar-refractivity contribution is 7.14. The van der Waals surface area contributed by atoms with Gasteiger partial charge < -0.3 is 4.74 Å². The lowest BCUT2D eigenvalue weighted by atomic mass is 10.5. The Morgan fingerprint density at radius 3 is 3.08 bits per heavy atom. The summed E-state index contributed by atoms with van der Waals surface area (Å²) in [4.78, 5) is 13.9. The number of rotatable bonds is 3. The maximum absolute atomic E-state index is 9.92. The van der Waals surface area contributed by atoms with Crippen molar-refractivity contribution in [3.05, 3.63) is 27.4 Å². The molecule has 0 N–H and O–H groups in total. The van der Waals surface area contributed by atoms with Crippen LogP contribution in [0.4, 0.5) is 0 Å². The van der Waals surface area contributed by atoms with Gasteiger partial charge in [-0.25, -0.2) is 4.98 Å². The van der Waals surface area contributed by atoms with Crippen molar-refractivity contribution in [1.82, 2.24) is 4.98 Å². The summed E-state index contributed by atoms with van der Waals surface area (Å²) in [5.41, 5.74) is 0. The van der Waals surface area contributed by atoms with E-state index in [4.69, 9.17) is 4.74 Å². The molecule has 0 spiro atoms. The quantitative estimate of drug-likeness (QED) is 0.528.